The predicted molar refractivity (Wildman–Crippen MR) is 91.2 cm³/mol. The summed E-state index contributed by atoms with van der Waals surface area (Å²) in [5.74, 6) is -1.88. The number of carbonyl (C=O) groups is 1. The van der Waals surface area contributed by atoms with E-state index >= 15 is 0 Å². The average Bonchev–Trinajstić information content (AvgIpc) is 2.59. The number of hydrogen-bond acceptors (Lipinski definition) is 3. The number of carbonyl (C=O) groups excluding carboxylic acids is 1. The van der Waals surface area contributed by atoms with Crippen LogP contribution in [-0.2, 0) is 21.1 Å². The summed E-state index contributed by atoms with van der Waals surface area (Å²) in [5.41, 5.74) is 1.47. The number of nitrogens with two attached hydrogens (primary N) is 1. The molecule has 4 unspecified atom stereocenters. The molecule has 3 N–H and O–H groups in total. The lowest BCUT2D eigenvalue weighted by molar-refractivity contribution is -0.195. The van der Waals surface area contributed by atoms with E-state index in [2.05, 4.69) is 5.32 Å². The fourth-order valence-electron chi connectivity index (χ4n) is 3.21. The maximum absolute atomic E-state index is 13.6. The topological polar surface area (TPSA) is 72.2 Å². The largest absolute Gasteiger partial charge is 0.419 e. The minimum atomic E-state index is -5.11. The van der Waals surface area contributed by atoms with Gasteiger partial charge < -0.3 is 11.1 Å². The standard InChI is InChI=1S/C17H22F4N2O2S/c1-2-26(25)14-8-4-7-13(10-14)23-15(24)16(22,17(19,20)21)11-5-3-6-12(18)9-11/h3,5-6,9,13-14H,2,4,7-8,10,22H2,1H3,(H,23,24). The van der Waals surface area contributed by atoms with Crippen LogP contribution in [0.2, 0.25) is 0 Å². The zero-order valence-corrected chi connectivity index (χ0v) is 15.1. The Hall–Kier alpha value is -1.48. The summed E-state index contributed by atoms with van der Waals surface area (Å²) in [6, 6.07) is 3.10. The van der Waals surface area contributed by atoms with Crippen LogP contribution in [0, 0.1) is 5.82 Å². The second-order valence-corrected chi connectivity index (χ2v) is 8.45. The number of benzene rings is 1. The Kier molecular flexibility index (Phi) is 6.44. The quantitative estimate of drug-likeness (QED) is 0.755. The van der Waals surface area contributed by atoms with Crippen LogP contribution in [0.3, 0.4) is 0 Å². The zero-order valence-electron chi connectivity index (χ0n) is 14.3. The summed E-state index contributed by atoms with van der Waals surface area (Å²) >= 11 is 0. The molecule has 0 radical (unpaired) electrons. The van der Waals surface area contributed by atoms with Gasteiger partial charge in [0, 0.05) is 27.8 Å². The molecular weight excluding hydrogens is 372 g/mol. The number of amides is 1. The molecule has 0 aliphatic heterocycles. The van der Waals surface area contributed by atoms with E-state index in [1.165, 1.54) is 0 Å². The molecule has 0 aromatic heterocycles. The van der Waals surface area contributed by atoms with Crippen molar-refractivity contribution in [2.24, 2.45) is 5.73 Å². The summed E-state index contributed by atoms with van der Waals surface area (Å²) in [6.07, 6.45) is -2.91. The van der Waals surface area contributed by atoms with E-state index in [-0.39, 0.29) is 5.25 Å². The maximum Gasteiger partial charge on any atom is 0.419 e. The van der Waals surface area contributed by atoms with Crippen molar-refractivity contribution in [2.75, 3.05) is 5.75 Å². The molecule has 4 nitrogen and oxygen atoms in total. The van der Waals surface area contributed by atoms with Gasteiger partial charge in [-0.25, -0.2) is 4.39 Å². The number of nitrogens with one attached hydrogen (secondary N) is 1. The van der Waals surface area contributed by atoms with Crippen LogP contribution in [0.15, 0.2) is 24.3 Å². The van der Waals surface area contributed by atoms with Crippen molar-refractivity contribution in [3.8, 4) is 0 Å². The molecule has 4 atom stereocenters. The van der Waals surface area contributed by atoms with Crippen molar-refractivity contribution >= 4 is 16.7 Å². The van der Waals surface area contributed by atoms with Gasteiger partial charge in [-0.15, -0.1) is 0 Å². The van der Waals surface area contributed by atoms with E-state index in [0.29, 0.717) is 37.5 Å². The van der Waals surface area contributed by atoms with Crippen molar-refractivity contribution < 1.29 is 26.6 Å². The second-order valence-electron chi connectivity index (χ2n) is 6.44. The van der Waals surface area contributed by atoms with Gasteiger partial charge in [0.1, 0.15) is 5.82 Å². The van der Waals surface area contributed by atoms with Crippen LogP contribution in [0.1, 0.15) is 38.2 Å². The molecule has 0 heterocycles. The lowest BCUT2D eigenvalue weighted by atomic mass is 9.87. The minimum absolute atomic E-state index is 0.161. The van der Waals surface area contributed by atoms with Crippen molar-refractivity contribution in [2.45, 2.75) is 55.6 Å². The van der Waals surface area contributed by atoms with Crippen LogP contribution in [0.4, 0.5) is 17.6 Å². The van der Waals surface area contributed by atoms with Gasteiger partial charge in [-0.2, -0.15) is 13.2 Å². The van der Waals surface area contributed by atoms with Crippen molar-refractivity contribution in [3.05, 3.63) is 35.6 Å². The van der Waals surface area contributed by atoms with E-state index in [1.807, 2.05) is 0 Å². The van der Waals surface area contributed by atoms with E-state index in [1.54, 1.807) is 6.92 Å². The summed E-state index contributed by atoms with van der Waals surface area (Å²) in [7, 11) is -1.08. The van der Waals surface area contributed by atoms with Crippen LogP contribution in [-0.4, -0.2) is 33.3 Å². The second kappa shape index (κ2) is 8.04. The fraction of sp³-hybridized carbons (Fsp3) is 0.588. The molecule has 9 heteroatoms. The van der Waals surface area contributed by atoms with Crippen LogP contribution >= 0.6 is 0 Å². The first-order valence-electron chi connectivity index (χ1n) is 8.39. The molecule has 1 fully saturated rings. The molecule has 146 valence electrons. The maximum atomic E-state index is 13.6. The normalized spacial score (nSPS) is 24.5. The highest BCUT2D eigenvalue weighted by atomic mass is 32.2. The van der Waals surface area contributed by atoms with Crippen molar-refractivity contribution in [3.63, 3.8) is 0 Å². The fourth-order valence-corrected chi connectivity index (χ4v) is 4.55. The first kappa shape index (κ1) is 20.8. The molecular formula is C17H22F4N2O2S. The molecule has 1 aliphatic carbocycles. The number of rotatable bonds is 5. The monoisotopic (exact) mass is 394 g/mol. The molecule has 2 rings (SSSR count). The first-order chi connectivity index (χ1) is 12.1. The Morgan fingerprint density at radius 1 is 1.35 bits per heavy atom. The first-order valence-corrected chi connectivity index (χ1v) is 9.77. The molecule has 1 saturated carbocycles. The predicted octanol–water partition coefficient (Wildman–Crippen LogP) is 2.74. The summed E-state index contributed by atoms with van der Waals surface area (Å²) in [6.45, 7) is 1.77. The number of hydrogen-bond donors (Lipinski definition) is 2. The molecule has 26 heavy (non-hydrogen) atoms. The summed E-state index contributed by atoms with van der Waals surface area (Å²) in [4.78, 5) is 12.5. The highest BCUT2D eigenvalue weighted by Crippen LogP contribution is 2.38. The summed E-state index contributed by atoms with van der Waals surface area (Å²) < 4.78 is 66.3. The minimum Gasteiger partial charge on any atom is -0.351 e. The van der Waals surface area contributed by atoms with E-state index in [9.17, 15) is 26.6 Å². The Morgan fingerprint density at radius 2 is 2.04 bits per heavy atom. The smallest absolute Gasteiger partial charge is 0.351 e. The summed E-state index contributed by atoms with van der Waals surface area (Å²) in [5, 5.41) is 2.19. The van der Waals surface area contributed by atoms with Crippen molar-refractivity contribution in [1.82, 2.24) is 5.32 Å². The van der Waals surface area contributed by atoms with E-state index in [0.717, 1.165) is 18.2 Å². The van der Waals surface area contributed by atoms with Gasteiger partial charge in [0.2, 0.25) is 5.54 Å². The van der Waals surface area contributed by atoms with E-state index < -0.39 is 45.8 Å². The lowest BCUT2D eigenvalue weighted by Crippen LogP contribution is -2.62. The highest BCUT2D eigenvalue weighted by molar-refractivity contribution is 7.85. The van der Waals surface area contributed by atoms with Gasteiger partial charge in [-0.1, -0.05) is 25.5 Å². The Balaban J connectivity index is 2.24. The molecule has 0 bridgehead atoms. The Morgan fingerprint density at radius 3 is 2.62 bits per heavy atom. The molecule has 1 aromatic carbocycles. The van der Waals surface area contributed by atoms with Crippen LogP contribution in [0.25, 0.3) is 0 Å². The van der Waals surface area contributed by atoms with Gasteiger partial charge in [0.25, 0.3) is 5.91 Å². The van der Waals surface area contributed by atoms with Gasteiger partial charge in [0.15, 0.2) is 0 Å². The van der Waals surface area contributed by atoms with Crippen LogP contribution in [0.5, 0.6) is 0 Å². The molecule has 0 spiro atoms. The Labute approximate surface area is 152 Å². The molecule has 1 aliphatic rings. The van der Waals surface area contributed by atoms with Crippen LogP contribution < -0.4 is 11.1 Å². The van der Waals surface area contributed by atoms with Gasteiger partial charge in [0.05, 0.1) is 0 Å². The highest BCUT2D eigenvalue weighted by Gasteiger charge is 2.59. The van der Waals surface area contributed by atoms with Gasteiger partial charge in [-0.3, -0.25) is 9.00 Å². The lowest BCUT2D eigenvalue weighted by Gasteiger charge is -2.35. The average molecular weight is 394 g/mol. The van der Waals surface area contributed by atoms with Gasteiger partial charge >= 0.3 is 6.18 Å². The molecule has 0 saturated heterocycles. The Bertz CT molecular complexity index is 683. The van der Waals surface area contributed by atoms with Crippen molar-refractivity contribution in [1.29, 1.82) is 0 Å². The number of halogens is 4. The third kappa shape index (κ3) is 4.25. The SMILES string of the molecule is CCS(=O)C1CCCC(NC(=O)C(N)(c2cccc(F)c2)C(F)(F)F)C1. The third-order valence-electron chi connectivity index (χ3n) is 4.70. The van der Waals surface area contributed by atoms with E-state index in [4.69, 9.17) is 5.73 Å². The number of alkyl halides is 3. The zero-order chi connectivity index (χ0) is 19.5. The molecule has 1 aromatic rings. The third-order valence-corrected chi connectivity index (χ3v) is 6.44. The van der Waals surface area contributed by atoms with Gasteiger partial charge in [-0.05, 0) is 37.0 Å². The molecule has 1 amide bonds.